The van der Waals surface area contributed by atoms with Crippen molar-refractivity contribution >= 4 is 28.4 Å². The first-order chi connectivity index (χ1) is 16.9. The molecule has 0 bridgehead atoms. The molecular weight excluding hydrogens is 468 g/mol. The van der Waals surface area contributed by atoms with Gasteiger partial charge in [0.05, 0.1) is 47.0 Å². The second-order valence-corrected chi connectivity index (χ2v) is 8.45. The maximum absolute atomic E-state index is 13.5. The van der Waals surface area contributed by atoms with Crippen LogP contribution in [0.15, 0.2) is 48.8 Å². The molecule has 35 heavy (non-hydrogen) atoms. The van der Waals surface area contributed by atoms with Crippen molar-refractivity contribution in [3.05, 3.63) is 64.9 Å². The van der Waals surface area contributed by atoms with Crippen molar-refractivity contribution in [1.29, 1.82) is 0 Å². The van der Waals surface area contributed by atoms with Gasteiger partial charge in [0, 0.05) is 30.5 Å². The van der Waals surface area contributed by atoms with Gasteiger partial charge in [-0.1, -0.05) is 11.6 Å². The van der Waals surface area contributed by atoms with E-state index in [0.717, 1.165) is 6.54 Å². The molecule has 4 rings (SSSR count). The Labute approximate surface area is 208 Å². The van der Waals surface area contributed by atoms with Gasteiger partial charge in [-0.2, -0.15) is 5.10 Å². The van der Waals surface area contributed by atoms with Gasteiger partial charge in [-0.3, -0.25) is 9.78 Å². The number of hydrogen-bond acceptors (Lipinski definition) is 7. The van der Waals surface area contributed by atoms with Crippen LogP contribution in [0.5, 0.6) is 11.6 Å². The van der Waals surface area contributed by atoms with E-state index in [9.17, 15) is 9.90 Å². The van der Waals surface area contributed by atoms with Crippen LogP contribution in [0.3, 0.4) is 0 Å². The fourth-order valence-electron chi connectivity index (χ4n) is 3.69. The molecule has 0 unspecified atom stereocenters. The quantitative estimate of drug-likeness (QED) is 0.341. The van der Waals surface area contributed by atoms with Crippen LogP contribution in [0.1, 0.15) is 22.8 Å². The molecule has 10 heteroatoms. The third kappa shape index (κ3) is 5.36. The van der Waals surface area contributed by atoms with E-state index in [0.29, 0.717) is 57.3 Å². The lowest BCUT2D eigenvalue weighted by atomic mass is 10.0. The van der Waals surface area contributed by atoms with Crippen LogP contribution >= 0.6 is 11.6 Å². The second-order valence-electron chi connectivity index (χ2n) is 8.02. The summed E-state index contributed by atoms with van der Waals surface area (Å²) in [7, 11) is 3.54. The molecular formula is C25H27ClN6O3. The van der Waals surface area contributed by atoms with Gasteiger partial charge in [-0.25, -0.2) is 9.67 Å². The Morgan fingerprint density at radius 2 is 2.03 bits per heavy atom. The van der Waals surface area contributed by atoms with E-state index in [-0.39, 0.29) is 18.3 Å². The minimum absolute atomic E-state index is 0.0525. The summed E-state index contributed by atoms with van der Waals surface area (Å²) in [5, 5.41) is 18.6. The number of rotatable bonds is 9. The molecule has 3 heterocycles. The highest BCUT2D eigenvalue weighted by molar-refractivity contribution is 6.31. The number of ether oxygens (including phenoxy) is 1. The van der Waals surface area contributed by atoms with Gasteiger partial charge in [0.15, 0.2) is 0 Å². The van der Waals surface area contributed by atoms with Crippen LogP contribution in [0.25, 0.3) is 22.3 Å². The van der Waals surface area contributed by atoms with E-state index >= 15 is 0 Å². The lowest BCUT2D eigenvalue weighted by Gasteiger charge is -2.18. The van der Waals surface area contributed by atoms with Crippen LogP contribution in [0.4, 0.5) is 0 Å². The van der Waals surface area contributed by atoms with Crippen molar-refractivity contribution in [2.45, 2.75) is 20.0 Å². The minimum atomic E-state index is -0.239. The Hall–Kier alpha value is -3.69. The summed E-state index contributed by atoms with van der Waals surface area (Å²) < 4.78 is 7.12. The number of carbonyl (C=O) groups is 1. The molecule has 0 spiro atoms. The number of aromatic nitrogens is 4. The summed E-state index contributed by atoms with van der Waals surface area (Å²) in [6.45, 7) is 3.87. The molecule has 0 radical (unpaired) electrons. The number of pyridine rings is 2. The average Bonchev–Trinajstić information content (AvgIpc) is 3.22. The van der Waals surface area contributed by atoms with Gasteiger partial charge in [-0.15, -0.1) is 0 Å². The van der Waals surface area contributed by atoms with Crippen LogP contribution in [0.2, 0.25) is 5.02 Å². The fraction of sp³-hybridized carbons (Fsp3) is 0.280. The highest BCUT2D eigenvalue weighted by atomic mass is 35.5. The molecule has 1 amide bonds. The summed E-state index contributed by atoms with van der Waals surface area (Å²) in [6, 6.07) is 10.6. The Bertz CT molecular complexity index is 1340. The first-order valence-corrected chi connectivity index (χ1v) is 11.6. The number of aromatic hydroxyl groups is 1. The molecule has 0 saturated heterocycles. The van der Waals surface area contributed by atoms with Crippen LogP contribution in [-0.4, -0.2) is 62.9 Å². The Balaban J connectivity index is 1.67. The predicted molar refractivity (Wildman–Crippen MR) is 135 cm³/mol. The molecule has 2 N–H and O–H groups in total. The largest absolute Gasteiger partial charge is 0.493 e. The van der Waals surface area contributed by atoms with Crippen molar-refractivity contribution in [2.75, 3.05) is 27.2 Å². The zero-order chi connectivity index (χ0) is 24.9. The number of halogens is 1. The Morgan fingerprint density at radius 1 is 1.20 bits per heavy atom. The fourth-order valence-corrected chi connectivity index (χ4v) is 3.86. The van der Waals surface area contributed by atoms with Crippen LogP contribution in [0, 0.1) is 0 Å². The Kier molecular flexibility index (Phi) is 7.48. The van der Waals surface area contributed by atoms with Crippen molar-refractivity contribution in [3.63, 3.8) is 0 Å². The lowest BCUT2D eigenvalue weighted by molar-refractivity contribution is 0.0786. The first kappa shape index (κ1) is 24.4. The normalized spacial score (nSPS) is 11.1. The first-order valence-electron chi connectivity index (χ1n) is 11.2. The highest BCUT2D eigenvalue weighted by Gasteiger charge is 2.20. The topological polar surface area (TPSA) is 105 Å². The highest BCUT2D eigenvalue weighted by Crippen LogP contribution is 2.28. The lowest BCUT2D eigenvalue weighted by Crippen LogP contribution is -2.26. The number of carbonyl (C=O) groups excluding carboxylic acids is 1. The van der Waals surface area contributed by atoms with E-state index in [1.165, 1.54) is 9.58 Å². The molecule has 0 fully saturated rings. The van der Waals surface area contributed by atoms with Gasteiger partial charge in [0.25, 0.3) is 5.91 Å². The molecule has 9 nitrogen and oxygen atoms in total. The average molecular weight is 495 g/mol. The van der Waals surface area contributed by atoms with Crippen molar-refractivity contribution < 1.29 is 14.6 Å². The Morgan fingerprint density at radius 3 is 2.71 bits per heavy atom. The van der Waals surface area contributed by atoms with Crippen LogP contribution < -0.4 is 10.1 Å². The number of aryl methyl sites for hydroxylation is 1. The van der Waals surface area contributed by atoms with Crippen LogP contribution in [-0.2, 0) is 13.1 Å². The molecule has 1 aromatic carbocycles. The number of hydrogen-bond donors (Lipinski definition) is 2. The van der Waals surface area contributed by atoms with E-state index in [4.69, 9.17) is 21.3 Å². The molecule has 0 saturated carbocycles. The molecule has 0 aliphatic carbocycles. The van der Waals surface area contributed by atoms with Gasteiger partial charge < -0.3 is 20.1 Å². The third-order valence-corrected chi connectivity index (χ3v) is 5.79. The van der Waals surface area contributed by atoms with Gasteiger partial charge in [0.2, 0.25) is 5.88 Å². The zero-order valence-electron chi connectivity index (χ0n) is 19.8. The SMILES string of the molecule is CCn1ncc(CN(C)C(=O)c2cc(-c3ccc(OCCNC)cn3)nc3ccc(Cl)cc23)c1O. The summed E-state index contributed by atoms with van der Waals surface area (Å²) in [5.41, 5.74) is 2.80. The van der Waals surface area contributed by atoms with Crippen molar-refractivity contribution in [3.8, 4) is 23.0 Å². The zero-order valence-corrected chi connectivity index (χ0v) is 20.6. The molecule has 0 aliphatic rings. The smallest absolute Gasteiger partial charge is 0.254 e. The van der Waals surface area contributed by atoms with Gasteiger partial charge >= 0.3 is 0 Å². The third-order valence-electron chi connectivity index (χ3n) is 5.56. The molecule has 0 atom stereocenters. The summed E-state index contributed by atoms with van der Waals surface area (Å²) in [5.74, 6) is 0.466. The monoisotopic (exact) mass is 494 g/mol. The second kappa shape index (κ2) is 10.7. The number of nitrogens with zero attached hydrogens (tertiary/aromatic N) is 5. The number of amides is 1. The number of benzene rings is 1. The maximum Gasteiger partial charge on any atom is 0.254 e. The summed E-state index contributed by atoms with van der Waals surface area (Å²) in [6.07, 6.45) is 3.21. The summed E-state index contributed by atoms with van der Waals surface area (Å²) in [4.78, 5) is 24.3. The van der Waals surface area contributed by atoms with Crippen molar-refractivity contribution in [1.82, 2.24) is 30.0 Å². The van der Waals surface area contributed by atoms with E-state index < -0.39 is 0 Å². The number of likely N-dealkylation sites (N-methyl/N-ethyl adjacent to an activating group) is 1. The molecule has 182 valence electrons. The molecule has 4 aromatic rings. The van der Waals surface area contributed by atoms with Gasteiger partial charge in [0.1, 0.15) is 12.4 Å². The standard InChI is InChI=1S/C25H27ClN6O3/c1-4-32-24(33)16(13-29-32)15-31(3)25(34)20-12-23(30-21-7-5-17(26)11-19(20)21)22-8-6-18(14-28-22)35-10-9-27-2/h5-8,11-14,27,33H,4,9-10,15H2,1-3H3. The van der Waals surface area contributed by atoms with E-state index in [1.807, 2.05) is 26.1 Å². The molecule has 0 aliphatic heterocycles. The number of nitrogens with one attached hydrogen (secondary N) is 1. The van der Waals surface area contributed by atoms with E-state index in [2.05, 4.69) is 15.4 Å². The van der Waals surface area contributed by atoms with E-state index in [1.54, 1.807) is 43.7 Å². The van der Waals surface area contributed by atoms with Gasteiger partial charge in [-0.05, 0) is 50.4 Å². The molecule has 3 aromatic heterocycles. The number of fused-ring (bicyclic) bond motifs is 1. The van der Waals surface area contributed by atoms with Crippen molar-refractivity contribution in [2.24, 2.45) is 0 Å². The maximum atomic E-state index is 13.5. The summed E-state index contributed by atoms with van der Waals surface area (Å²) >= 11 is 6.24. The predicted octanol–water partition coefficient (Wildman–Crippen LogP) is 3.74. The minimum Gasteiger partial charge on any atom is -0.493 e.